The summed E-state index contributed by atoms with van der Waals surface area (Å²) in [6, 6.07) is 0. The van der Waals surface area contributed by atoms with Gasteiger partial charge in [0.25, 0.3) is 0 Å². The molecule has 4 heteroatoms. The lowest BCUT2D eigenvalue weighted by Gasteiger charge is -2.16. The van der Waals surface area contributed by atoms with E-state index in [-0.39, 0.29) is 12.2 Å². The summed E-state index contributed by atoms with van der Waals surface area (Å²) in [5.41, 5.74) is 0. The fourth-order valence-corrected chi connectivity index (χ4v) is 1.06. The zero-order valence-electron chi connectivity index (χ0n) is 8.19. The molecule has 1 aliphatic rings. The van der Waals surface area contributed by atoms with Gasteiger partial charge in [0.1, 0.15) is 0 Å². The minimum atomic E-state index is -0.746. The van der Waals surface area contributed by atoms with Crippen LogP contribution < -0.4 is 0 Å². The molecule has 1 rings (SSSR count). The highest BCUT2D eigenvalue weighted by Gasteiger charge is 2.25. The van der Waals surface area contributed by atoms with Crippen molar-refractivity contribution in [2.45, 2.75) is 32.3 Å². The van der Waals surface area contributed by atoms with E-state index in [1.165, 1.54) is 12.3 Å². The van der Waals surface area contributed by atoms with Gasteiger partial charge >= 0.3 is 5.97 Å². The number of carbonyl (C=O) groups excluding carboxylic acids is 2. The lowest BCUT2D eigenvalue weighted by atomic mass is 10.1. The normalized spacial score (nSPS) is 20.4. The van der Waals surface area contributed by atoms with E-state index in [0.29, 0.717) is 6.61 Å². The Morgan fingerprint density at radius 3 is 3.14 bits per heavy atom. The lowest BCUT2D eigenvalue weighted by molar-refractivity contribution is -0.156. The van der Waals surface area contributed by atoms with Gasteiger partial charge in [-0.25, -0.2) is 4.79 Å². The maximum atomic E-state index is 11.3. The molecule has 14 heavy (non-hydrogen) atoms. The Labute approximate surface area is 82.9 Å². The summed E-state index contributed by atoms with van der Waals surface area (Å²) < 4.78 is 9.89. The predicted octanol–water partition coefficient (Wildman–Crippen LogP) is 1.20. The lowest BCUT2D eigenvalue weighted by Crippen LogP contribution is -2.29. The molecule has 78 valence electrons. The number of allylic oxidation sites excluding steroid dienone is 1. The molecule has 0 radical (unpaired) electrons. The monoisotopic (exact) mass is 198 g/mol. The quantitative estimate of drug-likeness (QED) is 0.503. The van der Waals surface area contributed by atoms with Crippen molar-refractivity contribution in [2.75, 3.05) is 6.61 Å². The number of ketones is 1. The molecule has 0 N–H and O–H groups in total. The molecule has 0 aromatic heterocycles. The van der Waals surface area contributed by atoms with Crippen molar-refractivity contribution in [3.8, 4) is 0 Å². The van der Waals surface area contributed by atoms with E-state index in [0.717, 1.165) is 12.8 Å². The highest BCUT2D eigenvalue weighted by Crippen LogP contribution is 2.09. The Kier molecular flexibility index (Phi) is 4.16. The van der Waals surface area contributed by atoms with E-state index in [1.54, 1.807) is 0 Å². The third-order valence-corrected chi connectivity index (χ3v) is 1.89. The zero-order chi connectivity index (χ0) is 10.4. The third-order valence-electron chi connectivity index (χ3n) is 1.89. The van der Waals surface area contributed by atoms with Crippen molar-refractivity contribution in [1.82, 2.24) is 0 Å². The van der Waals surface area contributed by atoms with E-state index < -0.39 is 12.1 Å². The van der Waals surface area contributed by atoms with Gasteiger partial charge in [0.15, 0.2) is 5.78 Å². The van der Waals surface area contributed by atoms with Crippen LogP contribution in [0.15, 0.2) is 12.3 Å². The van der Waals surface area contributed by atoms with Crippen LogP contribution in [0, 0.1) is 0 Å². The molecule has 0 unspecified atom stereocenters. The number of carbonyl (C=O) groups is 2. The maximum Gasteiger partial charge on any atom is 0.347 e. The van der Waals surface area contributed by atoms with E-state index in [4.69, 9.17) is 9.47 Å². The molecule has 1 aliphatic heterocycles. The van der Waals surface area contributed by atoms with Crippen LogP contribution in [0.3, 0.4) is 0 Å². The molecule has 0 bridgehead atoms. The number of hydrogen-bond acceptors (Lipinski definition) is 4. The molecule has 0 aromatic rings. The van der Waals surface area contributed by atoms with Gasteiger partial charge in [-0.1, -0.05) is 13.3 Å². The largest absolute Gasteiger partial charge is 0.486 e. The van der Waals surface area contributed by atoms with Gasteiger partial charge in [0, 0.05) is 6.08 Å². The second kappa shape index (κ2) is 5.42. The molecule has 0 saturated carbocycles. The first-order valence-electron chi connectivity index (χ1n) is 4.75. The summed E-state index contributed by atoms with van der Waals surface area (Å²) in [5, 5.41) is 0. The molecule has 4 nitrogen and oxygen atoms in total. The number of esters is 1. The minimum Gasteiger partial charge on any atom is -0.486 e. The zero-order valence-corrected chi connectivity index (χ0v) is 8.19. The first kappa shape index (κ1) is 10.8. The Morgan fingerprint density at radius 1 is 1.71 bits per heavy atom. The predicted molar refractivity (Wildman–Crippen MR) is 49.5 cm³/mol. The smallest absolute Gasteiger partial charge is 0.347 e. The molecular weight excluding hydrogens is 184 g/mol. The summed E-state index contributed by atoms with van der Waals surface area (Å²) in [4.78, 5) is 22.2. The van der Waals surface area contributed by atoms with Crippen LogP contribution in [0.5, 0.6) is 0 Å². The van der Waals surface area contributed by atoms with Crippen LogP contribution in [0.4, 0.5) is 0 Å². The average molecular weight is 198 g/mol. The Bertz CT molecular complexity index is 245. The summed E-state index contributed by atoms with van der Waals surface area (Å²) in [5.74, 6) is -0.551. The summed E-state index contributed by atoms with van der Waals surface area (Å²) in [7, 11) is 0. The van der Waals surface area contributed by atoms with Crippen molar-refractivity contribution in [2.24, 2.45) is 0 Å². The number of hydrogen-bond donors (Lipinski definition) is 0. The maximum absolute atomic E-state index is 11.3. The molecule has 0 fully saturated rings. The van der Waals surface area contributed by atoms with Crippen molar-refractivity contribution >= 4 is 11.8 Å². The van der Waals surface area contributed by atoms with E-state index >= 15 is 0 Å². The molecule has 0 aliphatic carbocycles. The first-order chi connectivity index (χ1) is 6.74. The molecule has 0 saturated heterocycles. The molecule has 0 amide bonds. The minimum absolute atomic E-state index is 0.0848. The van der Waals surface area contributed by atoms with Crippen LogP contribution in [-0.2, 0) is 19.1 Å². The van der Waals surface area contributed by atoms with Gasteiger partial charge in [-0.05, 0) is 6.42 Å². The van der Waals surface area contributed by atoms with Crippen LogP contribution in [0.2, 0.25) is 0 Å². The Hall–Kier alpha value is -1.32. The molecule has 1 heterocycles. The van der Waals surface area contributed by atoms with Gasteiger partial charge in [-0.2, -0.15) is 0 Å². The SMILES string of the molecule is CCCCOC(=O)[C@H]1CC(=O)C=CO1. The molecule has 1 atom stereocenters. The van der Waals surface area contributed by atoms with Gasteiger partial charge in [-0.3, -0.25) is 4.79 Å². The van der Waals surface area contributed by atoms with Crippen LogP contribution in [0.1, 0.15) is 26.2 Å². The highest BCUT2D eigenvalue weighted by molar-refractivity contribution is 5.94. The summed E-state index contributed by atoms with van der Waals surface area (Å²) >= 11 is 0. The number of unbranched alkanes of at least 4 members (excludes halogenated alkanes) is 1. The fraction of sp³-hybridized carbons (Fsp3) is 0.600. The van der Waals surface area contributed by atoms with Crippen LogP contribution >= 0.6 is 0 Å². The Balaban J connectivity index is 2.30. The Morgan fingerprint density at radius 2 is 2.50 bits per heavy atom. The number of ether oxygens (including phenoxy) is 2. The van der Waals surface area contributed by atoms with Crippen molar-refractivity contribution in [3.63, 3.8) is 0 Å². The van der Waals surface area contributed by atoms with E-state index in [9.17, 15) is 9.59 Å². The standard InChI is InChI=1S/C10H14O4/c1-2-3-5-14-10(12)9-7-8(11)4-6-13-9/h4,6,9H,2-3,5,7H2,1H3/t9-/m1/s1. The topological polar surface area (TPSA) is 52.6 Å². The van der Waals surface area contributed by atoms with Crippen LogP contribution in [0.25, 0.3) is 0 Å². The summed E-state index contributed by atoms with van der Waals surface area (Å²) in [6.07, 6.45) is 3.71. The van der Waals surface area contributed by atoms with Gasteiger partial charge in [0.2, 0.25) is 6.10 Å². The van der Waals surface area contributed by atoms with Gasteiger partial charge in [0.05, 0.1) is 19.3 Å². The number of rotatable bonds is 4. The van der Waals surface area contributed by atoms with E-state index in [2.05, 4.69) is 0 Å². The highest BCUT2D eigenvalue weighted by atomic mass is 16.6. The average Bonchev–Trinajstić information content (AvgIpc) is 2.18. The third kappa shape index (κ3) is 3.20. The van der Waals surface area contributed by atoms with Crippen molar-refractivity contribution in [1.29, 1.82) is 0 Å². The molecule has 0 aromatic carbocycles. The van der Waals surface area contributed by atoms with Gasteiger partial charge in [-0.15, -0.1) is 0 Å². The van der Waals surface area contributed by atoms with Crippen molar-refractivity contribution < 1.29 is 19.1 Å². The van der Waals surface area contributed by atoms with Crippen molar-refractivity contribution in [3.05, 3.63) is 12.3 Å². The second-order valence-electron chi connectivity index (χ2n) is 3.12. The first-order valence-corrected chi connectivity index (χ1v) is 4.75. The summed E-state index contributed by atoms with van der Waals surface area (Å²) in [6.45, 7) is 2.41. The fourth-order valence-electron chi connectivity index (χ4n) is 1.06. The van der Waals surface area contributed by atoms with Crippen LogP contribution in [-0.4, -0.2) is 24.5 Å². The molecular formula is C10H14O4. The van der Waals surface area contributed by atoms with E-state index in [1.807, 2.05) is 6.92 Å². The van der Waals surface area contributed by atoms with Gasteiger partial charge < -0.3 is 9.47 Å². The second-order valence-corrected chi connectivity index (χ2v) is 3.12. The molecule has 0 spiro atoms.